The summed E-state index contributed by atoms with van der Waals surface area (Å²) < 4.78 is 1.99. The van der Waals surface area contributed by atoms with Crippen LogP contribution in [0.5, 0.6) is 0 Å². The Bertz CT molecular complexity index is 1150. The zero-order chi connectivity index (χ0) is 21.4. The topological polar surface area (TPSA) is 63.4 Å². The van der Waals surface area contributed by atoms with Crippen LogP contribution >= 0.6 is 39.3 Å². The van der Waals surface area contributed by atoms with Gasteiger partial charge in [0.05, 0.1) is 17.3 Å². The van der Waals surface area contributed by atoms with Gasteiger partial charge < -0.3 is 0 Å². The number of aromatic nitrogens is 3. The van der Waals surface area contributed by atoms with Gasteiger partial charge in [0.15, 0.2) is 11.0 Å². The first-order valence-corrected chi connectivity index (χ1v) is 11.5. The molecule has 0 fully saturated rings. The molecule has 0 aliphatic carbocycles. The molecule has 3 heterocycles. The molecule has 0 unspecified atom stereocenters. The summed E-state index contributed by atoms with van der Waals surface area (Å²) in [6.07, 6.45) is 1.62. The molecule has 154 valence electrons. The summed E-state index contributed by atoms with van der Waals surface area (Å²) in [6.45, 7) is 6.76. The number of carbonyl (C=O) groups is 1. The third-order valence-electron chi connectivity index (χ3n) is 4.66. The predicted molar refractivity (Wildman–Crippen MR) is 126 cm³/mol. The van der Waals surface area contributed by atoms with Gasteiger partial charge in [0.1, 0.15) is 10.3 Å². The van der Waals surface area contributed by atoms with Crippen molar-refractivity contribution in [2.75, 3.05) is 17.2 Å². The lowest BCUT2D eigenvalue weighted by Crippen LogP contribution is -2.37. The minimum atomic E-state index is -0.238. The summed E-state index contributed by atoms with van der Waals surface area (Å²) in [7, 11) is 0. The smallest absolute Gasteiger partial charge is 0.266 e. The molecule has 0 bridgehead atoms. The van der Waals surface area contributed by atoms with Crippen molar-refractivity contribution in [2.24, 2.45) is 4.99 Å². The van der Waals surface area contributed by atoms with Gasteiger partial charge in [-0.05, 0) is 60.0 Å². The van der Waals surface area contributed by atoms with Crippen molar-refractivity contribution in [3.05, 3.63) is 68.5 Å². The van der Waals surface area contributed by atoms with E-state index in [1.807, 2.05) is 20.8 Å². The average molecular weight is 505 g/mol. The fraction of sp³-hybridized carbons (Fsp3) is 0.238. The molecule has 6 nitrogen and oxygen atoms in total. The van der Waals surface area contributed by atoms with Gasteiger partial charge in [0.2, 0.25) is 0 Å². The highest BCUT2D eigenvalue weighted by atomic mass is 79.9. The van der Waals surface area contributed by atoms with Gasteiger partial charge in [-0.2, -0.15) is 5.10 Å². The van der Waals surface area contributed by atoms with Gasteiger partial charge >= 0.3 is 0 Å². The van der Waals surface area contributed by atoms with Gasteiger partial charge in [0.25, 0.3) is 5.91 Å². The summed E-state index contributed by atoms with van der Waals surface area (Å²) in [5, 5.41) is 5.51. The normalized spacial score (nSPS) is 13.4. The van der Waals surface area contributed by atoms with Crippen LogP contribution in [0, 0.1) is 20.8 Å². The summed E-state index contributed by atoms with van der Waals surface area (Å²) in [6, 6.07) is 9.29. The maximum absolute atomic E-state index is 13.9. The number of aryl methyl sites for hydroxylation is 3. The Kier molecular flexibility index (Phi) is 5.99. The lowest BCUT2D eigenvalue weighted by atomic mass is 10.0. The first-order chi connectivity index (χ1) is 14.4. The van der Waals surface area contributed by atoms with E-state index in [0.717, 1.165) is 28.1 Å². The number of hydrogen-bond donors (Lipinski definition) is 0. The highest BCUT2D eigenvalue weighted by Gasteiger charge is 2.31. The van der Waals surface area contributed by atoms with Crippen LogP contribution in [0.3, 0.4) is 0 Å². The molecular formula is C21H19BrClN5OS. The van der Waals surface area contributed by atoms with Crippen LogP contribution in [0.15, 0.2) is 46.1 Å². The maximum atomic E-state index is 13.9. The molecule has 1 aliphatic heterocycles. The maximum Gasteiger partial charge on any atom is 0.283 e. The summed E-state index contributed by atoms with van der Waals surface area (Å²) in [5.74, 6) is 1.00. The Morgan fingerprint density at radius 2 is 1.97 bits per heavy atom. The molecule has 0 spiro atoms. The Morgan fingerprint density at radius 1 is 1.23 bits per heavy atom. The third kappa shape index (κ3) is 3.91. The molecule has 30 heavy (non-hydrogen) atoms. The van der Waals surface area contributed by atoms with Crippen molar-refractivity contribution in [1.82, 2.24) is 14.8 Å². The first-order valence-electron chi connectivity index (χ1n) is 9.33. The number of amidine groups is 1. The van der Waals surface area contributed by atoms with Crippen molar-refractivity contribution in [2.45, 2.75) is 20.8 Å². The van der Waals surface area contributed by atoms with Crippen LogP contribution in [-0.2, 0) is 0 Å². The second-order valence-corrected chi connectivity index (χ2v) is 9.26. The number of hydrogen-bond acceptors (Lipinski definition) is 5. The average Bonchev–Trinajstić information content (AvgIpc) is 3.34. The van der Waals surface area contributed by atoms with Crippen LogP contribution in [0.25, 0.3) is 5.82 Å². The van der Waals surface area contributed by atoms with Crippen molar-refractivity contribution in [1.29, 1.82) is 0 Å². The van der Waals surface area contributed by atoms with Gasteiger partial charge in [-0.1, -0.05) is 41.1 Å². The van der Waals surface area contributed by atoms with Crippen LogP contribution in [0.4, 0.5) is 5.69 Å². The molecule has 0 radical (unpaired) electrons. The number of thioether (sulfide) groups is 1. The van der Waals surface area contributed by atoms with Gasteiger partial charge in [-0.15, -0.1) is 0 Å². The lowest BCUT2D eigenvalue weighted by Gasteiger charge is -2.26. The van der Waals surface area contributed by atoms with E-state index in [1.165, 1.54) is 4.68 Å². The molecule has 1 aromatic carbocycles. The third-order valence-corrected chi connectivity index (χ3v) is 6.30. The Morgan fingerprint density at radius 3 is 2.60 bits per heavy atom. The van der Waals surface area contributed by atoms with E-state index in [2.05, 4.69) is 43.1 Å². The SMILES string of the molecule is Cc1cc(C)c(N(C(=O)c2cc(Br)nn2-c2ncccc2Cl)C2=NCCS2)c(C)c1. The number of pyridine rings is 1. The number of anilines is 1. The number of aliphatic imine (C=N–C) groups is 1. The van der Waals surface area contributed by atoms with E-state index in [9.17, 15) is 4.79 Å². The summed E-state index contributed by atoms with van der Waals surface area (Å²) >= 11 is 11.3. The van der Waals surface area contributed by atoms with E-state index in [-0.39, 0.29) is 5.91 Å². The second kappa shape index (κ2) is 8.53. The molecule has 0 N–H and O–H groups in total. The predicted octanol–water partition coefficient (Wildman–Crippen LogP) is 5.36. The second-order valence-electron chi connectivity index (χ2n) is 6.97. The van der Waals surface area contributed by atoms with E-state index in [0.29, 0.717) is 32.9 Å². The lowest BCUT2D eigenvalue weighted by molar-refractivity contribution is 0.0995. The Hall–Kier alpha value is -2.16. The highest BCUT2D eigenvalue weighted by Crippen LogP contribution is 2.33. The van der Waals surface area contributed by atoms with E-state index < -0.39 is 0 Å². The number of carbonyl (C=O) groups excluding carboxylic acids is 1. The minimum absolute atomic E-state index is 0.238. The van der Waals surface area contributed by atoms with E-state index >= 15 is 0 Å². The van der Waals surface area contributed by atoms with Crippen LogP contribution < -0.4 is 4.90 Å². The molecule has 0 saturated carbocycles. The standard InChI is InChI=1S/C21H19BrClN5OS/c1-12-9-13(2)18(14(3)10-12)27(21-25-7-8-30-21)20(29)16-11-17(22)26-28(16)19-15(23)5-4-6-24-19/h4-6,9-11H,7-8H2,1-3H3. The zero-order valence-corrected chi connectivity index (χ0v) is 19.8. The fourth-order valence-electron chi connectivity index (χ4n) is 3.58. The largest absolute Gasteiger partial charge is 0.283 e. The number of rotatable bonds is 3. The molecule has 1 amide bonds. The number of halogens is 2. The molecular weight excluding hydrogens is 486 g/mol. The van der Waals surface area contributed by atoms with Gasteiger partial charge in [-0.25, -0.2) is 9.67 Å². The molecule has 1 aliphatic rings. The molecule has 3 aromatic rings. The molecule has 4 rings (SSSR count). The number of amides is 1. The minimum Gasteiger partial charge on any atom is -0.266 e. The van der Waals surface area contributed by atoms with Crippen molar-refractivity contribution < 1.29 is 4.79 Å². The fourth-order valence-corrected chi connectivity index (χ4v) is 5.01. The van der Waals surface area contributed by atoms with Crippen LogP contribution in [0.2, 0.25) is 5.02 Å². The van der Waals surface area contributed by atoms with E-state index in [1.54, 1.807) is 41.1 Å². The Labute approximate surface area is 192 Å². The number of benzene rings is 1. The molecule has 2 aromatic heterocycles. The van der Waals surface area contributed by atoms with Crippen LogP contribution in [-0.4, -0.2) is 38.1 Å². The zero-order valence-electron chi connectivity index (χ0n) is 16.7. The van der Waals surface area contributed by atoms with Crippen LogP contribution in [0.1, 0.15) is 27.2 Å². The van der Waals surface area contributed by atoms with Gasteiger partial charge in [0, 0.05) is 18.0 Å². The van der Waals surface area contributed by atoms with Crippen molar-refractivity contribution in [3.63, 3.8) is 0 Å². The van der Waals surface area contributed by atoms with Crippen molar-refractivity contribution >= 4 is 56.1 Å². The monoisotopic (exact) mass is 503 g/mol. The molecule has 9 heteroatoms. The first kappa shape index (κ1) is 21.1. The van der Waals surface area contributed by atoms with E-state index in [4.69, 9.17) is 11.6 Å². The summed E-state index contributed by atoms with van der Waals surface area (Å²) in [5.41, 5.74) is 4.36. The summed E-state index contributed by atoms with van der Waals surface area (Å²) in [4.78, 5) is 24.5. The van der Waals surface area contributed by atoms with Gasteiger partial charge in [-0.3, -0.25) is 14.7 Å². The number of nitrogens with zero attached hydrogens (tertiary/aromatic N) is 5. The quantitative estimate of drug-likeness (QED) is 0.482. The molecule has 0 atom stereocenters. The van der Waals surface area contributed by atoms with Crippen molar-refractivity contribution in [3.8, 4) is 5.82 Å². The highest BCUT2D eigenvalue weighted by molar-refractivity contribution is 9.10. The Balaban J connectivity index is 1.89. The molecule has 0 saturated heterocycles.